The van der Waals surface area contributed by atoms with Gasteiger partial charge in [0.15, 0.2) is 0 Å². The Labute approximate surface area is 85.9 Å². The van der Waals surface area contributed by atoms with Crippen LogP contribution in [0.15, 0.2) is 0 Å². The molecule has 86 valence electrons. The Hall–Kier alpha value is -0.200. The Bertz CT molecular complexity index is 101. The zero-order valence-corrected chi connectivity index (χ0v) is 9.32. The second-order valence-corrected chi connectivity index (χ2v) is 2.93. The zero-order chi connectivity index (χ0) is 10.6. The maximum Gasteiger partial charge on any atom is 0.146 e. The van der Waals surface area contributed by atoms with Crippen molar-refractivity contribution in [3.8, 4) is 0 Å². The molecule has 0 aromatic rings. The van der Waals surface area contributed by atoms with Gasteiger partial charge in [-0.05, 0) is 7.05 Å². The summed E-state index contributed by atoms with van der Waals surface area (Å²) >= 11 is 0. The van der Waals surface area contributed by atoms with Gasteiger partial charge in [0.1, 0.15) is 13.6 Å². The van der Waals surface area contributed by atoms with Crippen LogP contribution >= 0.6 is 0 Å². The molecule has 0 amide bonds. The van der Waals surface area contributed by atoms with Gasteiger partial charge >= 0.3 is 0 Å². The second-order valence-electron chi connectivity index (χ2n) is 2.93. The fourth-order valence-corrected chi connectivity index (χ4v) is 0.837. The molecule has 0 radical (unpaired) electrons. The maximum atomic E-state index is 5.15. The molecule has 5 heteroatoms. The van der Waals surface area contributed by atoms with E-state index in [4.69, 9.17) is 18.9 Å². The average Bonchev–Trinajstić information content (AvgIpc) is 2.19. The largest absolute Gasteiger partial charge is 0.359 e. The minimum absolute atomic E-state index is 0.355. The van der Waals surface area contributed by atoms with Crippen LogP contribution < -0.4 is 0 Å². The molecule has 0 rings (SSSR count). The van der Waals surface area contributed by atoms with Gasteiger partial charge in [-0.15, -0.1) is 0 Å². The van der Waals surface area contributed by atoms with E-state index in [2.05, 4.69) is 4.90 Å². The molecule has 0 saturated heterocycles. The average molecular weight is 207 g/mol. The molecular weight excluding hydrogens is 186 g/mol. The molecular formula is C9H21NO4. The number of nitrogens with zero attached hydrogens (tertiary/aromatic N) is 1. The third-order valence-corrected chi connectivity index (χ3v) is 1.64. The lowest BCUT2D eigenvalue weighted by Gasteiger charge is -2.16. The van der Waals surface area contributed by atoms with Crippen LogP contribution in [-0.4, -0.2) is 66.1 Å². The molecule has 0 aromatic heterocycles. The summed E-state index contributed by atoms with van der Waals surface area (Å²) in [5.74, 6) is 0. The third kappa shape index (κ3) is 9.88. The molecule has 0 saturated carbocycles. The molecule has 0 bridgehead atoms. The van der Waals surface area contributed by atoms with Gasteiger partial charge in [0.25, 0.3) is 0 Å². The number of methoxy groups -OCH3 is 2. The van der Waals surface area contributed by atoms with Gasteiger partial charge in [0, 0.05) is 27.3 Å². The summed E-state index contributed by atoms with van der Waals surface area (Å²) in [6.07, 6.45) is 0. The SMILES string of the molecule is COCOCCN(C)CCOCOC. The van der Waals surface area contributed by atoms with Crippen molar-refractivity contribution in [1.82, 2.24) is 4.90 Å². The van der Waals surface area contributed by atoms with Crippen LogP contribution in [0.2, 0.25) is 0 Å². The summed E-state index contributed by atoms with van der Waals surface area (Å²) < 4.78 is 19.8. The van der Waals surface area contributed by atoms with Crippen molar-refractivity contribution in [1.29, 1.82) is 0 Å². The molecule has 0 aromatic carbocycles. The first-order chi connectivity index (χ1) is 6.81. The highest BCUT2D eigenvalue weighted by molar-refractivity contribution is 4.48. The van der Waals surface area contributed by atoms with Crippen LogP contribution in [0.3, 0.4) is 0 Å². The number of ether oxygens (including phenoxy) is 4. The number of likely N-dealkylation sites (N-methyl/N-ethyl adjacent to an activating group) is 1. The fraction of sp³-hybridized carbons (Fsp3) is 1.00. The minimum Gasteiger partial charge on any atom is -0.359 e. The van der Waals surface area contributed by atoms with E-state index in [9.17, 15) is 0 Å². The topological polar surface area (TPSA) is 40.2 Å². The Balaban J connectivity index is 3.07. The Kier molecular flexibility index (Phi) is 10.7. The lowest BCUT2D eigenvalue weighted by molar-refractivity contribution is -0.0461. The quantitative estimate of drug-likeness (QED) is 0.377. The van der Waals surface area contributed by atoms with Crippen LogP contribution in [-0.2, 0) is 18.9 Å². The molecule has 0 N–H and O–H groups in total. The number of hydrogen-bond donors (Lipinski definition) is 0. The van der Waals surface area contributed by atoms with E-state index in [1.807, 2.05) is 7.05 Å². The van der Waals surface area contributed by atoms with Crippen LogP contribution in [0.4, 0.5) is 0 Å². The summed E-state index contributed by atoms with van der Waals surface area (Å²) in [5, 5.41) is 0. The van der Waals surface area contributed by atoms with Crippen LogP contribution in [0.5, 0.6) is 0 Å². The molecule has 0 aliphatic rings. The molecule has 0 spiro atoms. The lowest BCUT2D eigenvalue weighted by atomic mass is 10.5. The van der Waals surface area contributed by atoms with Gasteiger partial charge in [-0.3, -0.25) is 0 Å². The van der Waals surface area contributed by atoms with Crippen molar-refractivity contribution in [2.75, 3.05) is 61.2 Å². The standard InChI is InChI=1S/C9H21NO4/c1-10(4-6-13-8-11-2)5-7-14-9-12-3/h4-9H2,1-3H3. The first kappa shape index (κ1) is 13.8. The van der Waals surface area contributed by atoms with Crippen molar-refractivity contribution in [2.45, 2.75) is 0 Å². The van der Waals surface area contributed by atoms with Gasteiger partial charge in [0.2, 0.25) is 0 Å². The van der Waals surface area contributed by atoms with Crippen molar-refractivity contribution in [3.63, 3.8) is 0 Å². The minimum atomic E-state index is 0.355. The molecule has 0 fully saturated rings. The highest BCUT2D eigenvalue weighted by Crippen LogP contribution is 1.85. The van der Waals surface area contributed by atoms with E-state index in [0.717, 1.165) is 13.1 Å². The number of hydrogen-bond acceptors (Lipinski definition) is 5. The van der Waals surface area contributed by atoms with Crippen molar-refractivity contribution in [2.24, 2.45) is 0 Å². The number of rotatable bonds is 10. The van der Waals surface area contributed by atoms with Gasteiger partial charge < -0.3 is 23.8 Å². The van der Waals surface area contributed by atoms with E-state index >= 15 is 0 Å². The molecule has 0 atom stereocenters. The van der Waals surface area contributed by atoms with Gasteiger partial charge in [-0.2, -0.15) is 0 Å². The van der Waals surface area contributed by atoms with Gasteiger partial charge in [0.05, 0.1) is 13.2 Å². The van der Waals surface area contributed by atoms with Crippen molar-refractivity contribution >= 4 is 0 Å². The lowest BCUT2D eigenvalue weighted by Crippen LogP contribution is -2.27. The van der Waals surface area contributed by atoms with E-state index in [1.165, 1.54) is 0 Å². The van der Waals surface area contributed by atoms with Gasteiger partial charge in [-0.1, -0.05) is 0 Å². The normalized spacial score (nSPS) is 11.1. The fourth-order valence-electron chi connectivity index (χ4n) is 0.837. The van der Waals surface area contributed by atoms with Crippen molar-refractivity contribution < 1.29 is 18.9 Å². The second kappa shape index (κ2) is 10.9. The molecule has 5 nitrogen and oxygen atoms in total. The van der Waals surface area contributed by atoms with Gasteiger partial charge in [-0.25, -0.2) is 0 Å². The molecule has 14 heavy (non-hydrogen) atoms. The summed E-state index contributed by atoms with van der Waals surface area (Å²) in [5.41, 5.74) is 0. The van der Waals surface area contributed by atoms with E-state index in [0.29, 0.717) is 26.8 Å². The predicted molar refractivity (Wildman–Crippen MR) is 53.2 cm³/mol. The first-order valence-electron chi connectivity index (χ1n) is 4.63. The highest BCUT2D eigenvalue weighted by Gasteiger charge is 1.97. The Morgan fingerprint density at radius 3 is 1.64 bits per heavy atom. The summed E-state index contributed by atoms with van der Waals surface area (Å²) in [7, 11) is 5.25. The summed E-state index contributed by atoms with van der Waals surface area (Å²) in [4.78, 5) is 2.13. The van der Waals surface area contributed by atoms with E-state index in [1.54, 1.807) is 14.2 Å². The summed E-state index contributed by atoms with van der Waals surface area (Å²) in [6.45, 7) is 3.81. The van der Waals surface area contributed by atoms with Crippen molar-refractivity contribution in [3.05, 3.63) is 0 Å². The van der Waals surface area contributed by atoms with Crippen LogP contribution in [0, 0.1) is 0 Å². The maximum absolute atomic E-state index is 5.15. The summed E-state index contributed by atoms with van der Waals surface area (Å²) in [6, 6.07) is 0. The molecule has 0 unspecified atom stereocenters. The predicted octanol–water partition coefficient (Wildman–Crippen LogP) is 0.159. The smallest absolute Gasteiger partial charge is 0.146 e. The zero-order valence-electron chi connectivity index (χ0n) is 9.32. The molecule has 0 aliphatic carbocycles. The first-order valence-corrected chi connectivity index (χ1v) is 4.63. The molecule has 0 heterocycles. The molecule has 0 aliphatic heterocycles. The van der Waals surface area contributed by atoms with E-state index in [-0.39, 0.29) is 0 Å². The Morgan fingerprint density at radius 2 is 1.29 bits per heavy atom. The highest BCUT2D eigenvalue weighted by atomic mass is 16.7. The monoisotopic (exact) mass is 207 g/mol. The van der Waals surface area contributed by atoms with Crippen LogP contribution in [0.1, 0.15) is 0 Å². The van der Waals surface area contributed by atoms with E-state index < -0.39 is 0 Å². The third-order valence-electron chi connectivity index (χ3n) is 1.64. The Morgan fingerprint density at radius 1 is 0.857 bits per heavy atom. The van der Waals surface area contributed by atoms with Crippen LogP contribution in [0.25, 0.3) is 0 Å².